The van der Waals surface area contributed by atoms with E-state index in [-0.39, 0.29) is 23.0 Å². The largest absolute Gasteiger partial charge is 0.455 e. The fraction of sp³-hybridized carbons (Fsp3) is 0.467. The number of esters is 1. The van der Waals surface area contributed by atoms with E-state index < -0.39 is 21.7 Å². The number of carbonyl (C=O) groups excluding carboxylic acids is 1. The molecule has 0 spiro atoms. The van der Waals surface area contributed by atoms with Gasteiger partial charge in [-0.3, -0.25) is 4.68 Å². The second kappa shape index (κ2) is 6.79. The van der Waals surface area contributed by atoms with E-state index in [0.717, 1.165) is 0 Å². The lowest BCUT2D eigenvalue weighted by Gasteiger charge is -2.19. The monoisotopic (exact) mass is 368 g/mol. The molecule has 0 aliphatic heterocycles. The molecule has 0 N–H and O–H groups in total. The predicted molar refractivity (Wildman–Crippen MR) is 89.5 cm³/mol. The Morgan fingerprint density at radius 3 is 2.32 bits per heavy atom. The van der Waals surface area contributed by atoms with Crippen molar-refractivity contribution < 1.29 is 22.1 Å². The summed E-state index contributed by atoms with van der Waals surface area (Å²) in [7, 11) is -2.05. The van der Waals surface area contributed by atoms with Gasteiger partial charge >= 0.3 is 16.1 Å². The molecule has 0 fully saturated rings. The first-order valence-corrected chi connectivity index (χ1v) is 9.10. The van der Waals surface area contributed by atoms with Crippen molar-refractivity contribution in [1.29, 1.82) is 0 Å². The lowest BCUT2D eigenvalue weighted by molar-refractivity contribution is 0.00584. The van der Waals surface area contributed by atoms with Gasteiger partial charge in [-0.25, -0.2) is 14.8 Å². The van der Waals surface area contributed by atoms with E-state index in [2.05, 4.69) is 15.1 Å². The minimum atomic E-state index is -3.66. The summed E-state index contributed by atoms with van der Waals surface area (Å²) in [6.07, 6.45) is 3.89. The van der Waals surface area contributed by atoms with Crippen LogP contribution in [-0.4, -0.2) is 45.5 Å². The molecular weight excluding hydrogens is 348 g/mol. The van der Waals surface area contributed by atoms with Crippen LogP contribution in [0, 0.1) is 0 Å². The fourth-order valence-corrected chi connectivity index (χ4v) is 2.37. The summed E-state index contributed by atoms with van der Waals surface area (Å²) >= 11 is 0. The van der Waals surface area contributed by atoms with Crippen LogP contribution in [0.5, 0.6) is 5.75 Å². The maximum atomic E-state index is 12.4. The Bertz CT molecular complexity index is 866. The number of carbonyl (C=O) groups is 1. The average molecular weight is 368 g/mol. The van der Waals surface area contributed by atoms with E-state index in [4.69, 9.17) is 8.92 Å². The van der Waals surface area contributed by atoms with Gasteiger partial charge in [-0.05, 0) is 27.7 Å². The second-order valence-electron chi connectivity index (χ2n) is 6.20. The summed E-state index contributed by atoms with van der Waals surface area (Å²) in [5.41, 5.74) is -0.0856. The van der Waals surface area contributed by atoms with Crippen LogP contribution in [0.15, 0.2) is 18.6 Å². The Hall–Kier alpha value is -2.49. The Balaban J connectivity index is 2.33. The van der Waals surface area contributed by atoms with Gasteiger partial charge in [0.25, 0.3) is 0 Å². The standard InChI is InChI=1S/C15H20N4O5S/c1-6-25(21,22)24-10-7-16-13(17-8-10)11-9-18-19(5)12(11)14(20)23-15(2,3)4/h7-9H,6H2,1-5H3. The summed E-state index contributed by atoms with van der Waals surface area (Å²) < 4.78 is 34.5. The molecule has 0 aliphatic rings. The Morgan fingerprint density at radius 2 is 1.80 bits per heavy atom. The molecule has 9 nitrogen and oxygen atoms in total. The highest BCUT2D eigenvalue weighted by Crippen LogP contribution is 2.23. The molecule has 0 saturated carbocycles. The van der Waals surface area contributed by atoms with E-state index >= 15 is 0 Å². The van der Waals surface area contributed by atoms with Gasteiger partial charge in [0.1, 0.15) is 5.60 Å². The number of aryl methyl sites for hydroxylation is 1. The van der Waals surface area contributed by atoms with Crippen LogP contribution in [0.2, 0.25) is 0 Å². The fourth-order valence-electron chi connectivity index (χ4n) is 1.87. The third-order valence-corrected chi connectivity index (χ3v) is 4.13. The molecule has 0 bridgehead atoms. The van der Waals surface area contributed by atoms with Crippen LogP contribution in [-0.2, 0) is 21.9 Å². The second-order valence-corrected chi connectivity index (χ2v) is 8.06. The molecule has 0 aromatic carbocycles. The van der Waals surface area contributed by atoms with Gasteiger partial charge in [0.15, 0.2) is 17.3 Å². The maximum absolute atomic E-state index is 12.4. The van der Waals surface area contributed by atoms with Crippen LogP contribution in [0.1, 0.15) is 38.2 Å². The van der Waals surface area contributed by atoms with Gasteiger partial charge in [-0.15, -0.1) is 0 Å². The first-order valence-electron chi connectivity index (χ1n) is 7.52. The Morgan fingerprint density at radius 1 is 1.20 bits per heavy atom. The van der Waals surface area contributed by atoms with Gasteiger partial charge in [0, 0.05) is 7.05 Å². The zero-order chi connectivity index (χ0) is 18.8. The normalized spacial score (nSPS) is 12.0. The molecule has 2 rings (SSSR count). The molecule has 2 aromatic rings. The van der Waals surface area contributed by atoms with Crippen molar-refractivity contribution in [2.45, 2.75) is 33.3 Å². The highest BCUT2D eigenvalue weighted by atomic mass is 32.2. The van der Waals surface area contributed by atoms with E-state index in [1.807, 2.05) is 0 Å². The first-order chi connectivity index (χ1) is 11.5. The summed E-state index contributed by atoms with van der Waals surface area (Å²) in [5, 5.41) is 4.05. The molecule has 0 atom stereocenters. The number of aromatic nitrogens is 4. The van der Waals surface area contributed by atoms with E-state index in [1.165, 1.54) is 30.2 Å². The van der Waals surface area contributed by atoms with Crippen molar-refractivity contribution in [3.8, 4) is 17.1 Å². The van der Waals surface area contributed by atoms with Gasteiger partial charge in [-0.2, -0.15) is 13.5 Å². The molecule has 25 heavy (non-hydrogen) atoms. The molecule has 2 heterocycles. The summed E-state index contributed by atoms with van der Waals surface area (Å²) in [4.78, 5) is 20.5. The minimum absolute atomic E-state index is 0.00620. The SMILES string of the molecule is CCS(=O)(=O)Oc1cnc(-c2cnn(C)c2C(=O)OC(C)(C)C)nc1. The topological polar surface area (TPSA) is 113 Å². The molecule has 0 aliphatic carbocycles. The quantitative estimate of drug-likeness (QED) is 0.577. The number of hydrogen-bond acceptors (Lipinski definition) is 8. The van der Waals surface area contributed by atoms with E-state index in [9.17, 15) is 13.2 Å². The molecule has 0 unspecified atom stereocenters. The van der Waals surface area contributed by atoms with E-state index in [1.54, 1.807) is 27.8 Å². The first kappa shape index (κ1) is 18.8. The maximum Gasteiger partial charge on any atom is 0.357 e. The van der Waals surface area contributed by atoms with Crippen LogP contribution in [0.25, 0.3) is 11.4 Å². The van der Waals surface area contributed by atoms with Gasteiger partial charge in [-0.1, -0.05) is 0 Å². The summed E-state index contributed by atoms with van der Waals surface area (Å²) in [6, 6.07) is 0. The Kier molecular flexibility index (Phi) is 5.12. The highest BCUT2D eigenvalue weighted by molar-refractivity contribution is 7.87. The number of nitrogens with zero attached hydrogens (tertiary/aromatic N) is 4. The summed E-state index contributed by atoms with van der Waals surface area (Å²) in [6.45, 7) is 6.75. The molecule has 10 heteroatoms. The molecule has 136 valence electrons. The van der Waals surface area contributed by atoms with Crippen molar-refractivity contribution in [1.82, 2.24) is 19.7 Å². The van der Waals surface area contributed by atoms with Crippen molar-refractivity contribution in [2.75, 3.05) is 5.75 Å². The molecule has 2 aromatic heterocycles. The smallest absolute Gasteiger partial charge is 0.357 e. The Labute approximate surface area is 146 Å². The molecular formula is C15H20N4O5S. The van der Waals surface area contributed by atoms with Gasteiger partial charge in [0.05, 0.1) is 29.9 Å². The van der Waals surface area contributed by atoms with Crippen LogP contribution in [0.4, 0.5) is 0 Å². The van der Waals surface area contributed by atoms with Crippen LogP contribution in [0.3, 0.4) is 0 Å². The molecule has 0 radical (unpaired) electrons. The highest BCUT2D eigenvalue weighted by Gasteiger charge is 2.25. The lowest BCUT2D eigenvalue weighted by atomic mass is 10.2. The van der Waals surface area contributed by atoms with Crippen molar-refractivity contribution in [3.63, 3.8) is 0 Å². The third kappa shape index (κ3) is 4.75. The average Bonchev–Trinajstić information content (AvgIpc) is 2.88. The number of rotatable bonds is 5. The van der Waals surface area contributed by atoms with Gasteiger partial charge < -0.3 is 8.92 Å². The van der Waals surface area contributed by atoms with Gasteiger partial charge in [0.2, 0.25) is 0 Å². The summed E-state index contributed by atoms with van der Waals surface area (Å²) in [5.74, 6) is -0.524. The van der Waals surface area contributed by atoms with Crippen molar-refractivity contribution in [3.05, 3.63) is 24.3 Å². The predicted octanol–water partition coefficient (Wildman–Crippen LogP) is 1.56. The minimum Gasteiger partial charge on any atom is -0.455 e. The van der Waals surface area contributed by atoms with Crippen molar-refractivity contribution >= 4 is 16.1 Å². The van der Waals surface area contributed by atoms with E-state index in [0.29, 0.717) is 5.56 Å². The lowest BCUT2D eigenvalue weighted by Crippen LogP contribution is -2.25. The van der Waals surface area contributed by atoms with Crippen LogP contribution < -0.4 is 4.18 Å². The zero-order valence-corrected chi connectivity index (χ0v) is 15.5. The number of hydrogen-bond donors (Lipinski definition) is 0. The van der Waals surface area contributed by atoms with Crippen LogP contribution >= 0.6 is 0 Å². The molecule has 0 amide bonds. The van der Waals surface area contributed by atoms with Crippen molar-refractivity contribution in [2.24, 2.45) is 7.05 Å². The molecule has 0 saturated heterocycles. The zero-order valence-electron chi connectivity index (χ0n) is 14.7. The number of ether oxygens (including phenoxy) is 1. The third-order valence-electron chi connectivity index (χ3n) is 2.98.